The van der Waals surface area contributed by atoms with Crippen LogP contribution in [0.5, 0.6) is 5.75 Å². The van der Waals surface area contributed by atoms with Gasteiger partial charge in [0.05, 0.1) is 7.11 Å². The van der Waals surface area contributed by atoms with E-state index in [9.17, 15) is 0 Å². The van der Waals surface area contributed by atoms with Gasteiger partial charge < -0.3 is 20.7 Å². The lowest BCUT2D eigenvalue weighted by atomic mass is 10.1. The Kier molecular flexibility index (Phi) is 12.0. The summed E-state index contributed by atoms with van der Waals surface area (Å²) in [5.74, 6) is 2.66. The Bertz CT molecular complexity index is 649. The highest BCUT2D eigenvalue weighted by atomic mass is 127. The molecule has 2 aromatic rings. The molecule has 0 radical (unpaired) electrons. The SMILES string of the molecule is CN=C(NCCCCNc1ccccn1)NCCc1ccc(OC)cc1.I. The second kappa shape index (κ2) is 14.1. The van der Waals surface area contributed by atoms with Crippen LogP contribution < -0.4 is 20.7 Å². The maximum Gasteiger partial charge on any atom is 0.190 e. The predicted octanol–water partition coefficient (Wildman–Crippen LogP) is 3.31. The number of guanidine groups is 1. The Labute approximate surface area is 179 Å². The van der Waals surface area contributed by atoms with Crippen molar-refractivity contribution in [1.29, 1.82) is 0 Å². The highest BCUT2D eigenvalue weighted by Crippen LogP contribution is 2.11. The van der Waals surface area contributed by atoms with Crippen LogP contribution in [0.4, 0.5) is 5.82 Å². The van der Waals surface area contributed by atoms with Crippen molar-refractivity contribution in [2.24, 2.45) is 4.99 Å². The van der Waals surface area contributed by atoms with Gasteiger partial charge in [-0.3, -0.25) is 4.99 Å². The van der Waals surface area contributed by atoms with Crippen LogP contribution in [0.2, 0.25) is 0 Å². The molecule has 1 heterocycles. The second-order valence-electron chi connectivity index (χ2n) is 5.87. The number of rotatable bonds is 10. The number of pyridine rings is 1. The van der Waals surface area contributed by atoms with Gasteiger partial charge in [-0.2, -0.15) is 0 Å². The Morgan fingerprint density at radius 1 is 1.00 bits per heavy atom. The van der Waals surface area contributed by atoms with Gasteiger partial charge in [-0.05, 0) is 49.1 Å². The number of aliphatic imine (C=N–C) groups is 1. The molecular formula is C20H30IN5O. The average molecular weight is 483 g/mol. The van der Waals surface area contributed by atoms with Gasteiger partial charge in [-0.25, -0.2) is 4.98 Å². The molecule has 0 aliphatic heterocycles. The third-order valence-electron chi connectivity index (χ3n) is 3.96. The number of nitrogens with one attached hydrogen (secondary N) is 3. The molecule has 0 saturated heterocycles. The summed E-state index contributed by atoms with van der Waals surface area (Å²) in [5, 5.41) is 10.0. The van der Waals surface area contributed by atoms with Crippen molar-refractivity contribution < 1.29 is 4.74 Å². The van der Waals surface area contributed by atoms with Crippen LogP contribution in [0.3, 0.4) is 0 Å². The predicted molar refractivity (Wildman–Crippen MR) is 123 cm³/mol. The molecule has 0 bridgehead atoms. The zero-order valence-corrected chi connectivity index (χ0v) is 18.4. The summed E-state index contributed by atoms with van der Waals surface area (Å²) in [5.41, 5.74) is 1.27. The first-order valence-corrected chi connectivity index (χ1v) is 9.04. The number of methoxy groups -OCH3 is 1. The van der Waals surface area contributed by atoms with Crippen molar-refractivity contribution in [2.45, 2.75) is 19.3 Å². The minimum Gasteiger partial charge on any atom is -0.497 e. The maximum atomic E-state index is 5.17. The molecule has 0 atom stereocenters. The van der Waals surface area contributed by atoms with Gasteiger partial charge in [-0.1, -0.05) is 18.2 Å². The molecule has 0 unspecified atom stereocenters. The van der Waals surface area contributed by atoms with Crippen molar-refractivity contribution in [3.63, 3.8) is 0 Å². The number of anilines is 1. The normalized spacial score (nSPS) is 10.7. The lowest BCUT2D eigenvalue weighted by Crippen LogP contribution is -2.38. The van der Waals surface area contributed by atoms with E-state index in [1.807, 2.05) is 30.3 Å². The zero-order chi connectivity index (χ0) is 18.5. The summed E-state index contributed by atoms with van der Waals surface area (Å²) in [4.78, 5) is 8.50. The van der Waals surface area contributed by atoms with E-state index in [1.165, 1.54) is 5.56 Å². The standard InChI is InChI=1S/C20H29N5O.HI/c1-21-20(25-16-12-17-8-10-18(26-2)11-9-17)24-15-6-5-14-23-19-7-3-4-13-22-19;/h3-4,7-11,13H,5-6,12,14-16H2,1-2H3,(H,22,23)(H2,21,24,25);1H. The highest BCUT2D eigenvalue weighted by molar-refractivity contribution is 14.0. The van der Waals surface area contributed by atoms with Gasteiger partial charge in [0, 0.05) is 32.9 Å². The molecule has 148 valence electrons. The van der Waals surface area contributed by atoms with Crippen molar-refractivity contribution in [1.82, 2.24) is 15.6 Å². The highest BCUT2D eigenvalue weighted by Gasteiger charge is 1.99. The quantitative estimate of drug-likeness (QED) is 0.209. The number of aromatic nitrogens is 1. The van der Waals surface area contributed by atoms with Crippen molar-refractivity contribution in [2.75, 3.05) is 39.1 Å². The average Bonchev–Trinajstić information content (AvgIpc) is 2.70. The van der Waals surface area contributed by atoms with E-state index in [0.29, 0.717) is 0 Å². The summed E-state index contributed by atoms with van der Waals surface area (Å²) < 4.78 is 5.17. The first kappa shape index (κ1) is 23.0. The molecule has 6 nitrogen and oxygen atoms in total. The van der Waals surface area contributed by atoms with E-state index in [4.69, 9.17) is 4.74 Å². The molecule has 0 saturated carbocycles. The molecule has 1 aromatic carbocycles. The Morgan fingerprint density at radius 3 is 2.41 bits per heavy atom. The summed E-state index contributed by atoms with van der Waals surface area (Å²) in [6, 6.07) is 14.0. The van der Waals surface area contributed by atoms with Crippen LogP contribution in [0, 0.1) is 0 Å². The van der Waals surface area contributed by atoms with Crippen LogP contribution in [-0.2, 0) is 6.42 Å². The molecule has 2 rings (SSSR count). The molecule has 27 heavy (non-hydrogen) atoms. The van der Waals surface area contributed by atoms with Gasteiger partial charge in [0.15, 0.2) is 5.96 Å². The number of unbranched alkanes of at least 4 members (excludes halogenated alkanes) is 1. The number of nitrogens with zero attached hydrogens (tertiary/aromatic N) is 2. The van der Waals surface area contributed by atoms with E-state index < -0.39 is 0 Å². The van der Waals surface area contributed by atoms with E-state index in [0.717, 1.165) is 56.4 Å². The molecule has 0 aliphatic carbocycles. The fraction of sp³-hybridized carbons (Fsp3) is 0.400. The summed E-state index contributed by atoms with van der Waals surface area (Å²) >= 11 is 0. The van der Waals surface area contributed by atoms with Crippen LogP contribution in [-0.4, -0.2) is 44.7 Å². The monoisotopic (exact) mass is 483 g/mol. The number of hydrogen-bond acceptors (Lipinski definition) is 4. The second-order valence-corrected chi connectivity index (χ2v) is 5.87. The topological polar surface area (TPSA) is 70.6 Å². The Morgan fingerprint density at radius 2 is 1.74 bits per heavy atom. The van der Waals surface area contributed by atoms with Gasteiger partial charge in [0.2, 0.25) is 0 Å². The fourth-order valence-corrected chi connectivity index (χ4v) is 2.48. The molecule has 0 amide bonds. The number of halogens is 1. The minimum atomic E-state index is 0. The molecule has 0 fully saturated rings. The van der Waals surface area contributed by atoms with E-state index in [1.54, 1.807) is 20.4 Å². The molecule has 3 N–H and O–H groups in total. The zero-order valence-electron chi connectivity index (χ0n) is 16.1. The minimum absolute atomic E-state index is 0. The lowest BCUT2D eigenvalue weighted by molar-refractivity contribution is 0.414. The van der Waals surface area contributed by atoms with Crippen molar-refractivity contribution in [3.05, 3.63) is 54.2 Å². The maximum absolute atomic E-state index is 5.17. The largest absolute Gasteiger partial charge is 0.497 e. The van der Waals surface area contributed by atoms with E-state index in [2.05, 4.69) is 38.1 Å². The summed E-state index contributed by atoms with van der Waals surface area (Å²) in [6.07, 6.45) is 4.88. The molecule has 0 spiro atoms. The third-order valence-corrected chi connectivity index (χ3v) is 3.96. The van der Waals surface area contributed by atoms with Crippen LogP contribution in [0.1, 0.15) is 18.4 Å². The van der Waals surface area contributed by atoms with Crippen LogP contribution in [0.25, 0.3) is 0 Å². The van der Waals surface area contributed by atoms with Gasteiger partial charge in [0.1, 0.15) is 11.6 Å². The van der Waals surface area contributed by atoms with Crippen LogP contribution >= 0.6 is 24.0 Å². The molecular weight excluding hydrogens is 453 g/mol. The number of benzene rings is 1. The molecule has 7 heteroatoms. The third kappa shape index (κ3) is 9.46. The fourth-order valence-electron chi connectivity index (χ4n) is 2.48. The molecule has 0 aliphatic rings. The van der Waals surface area contributed by atoms with Crippen LogP contribution in [0.15, 0.2) is 53.7 Å². The van der Waals surface area contributed by atoms with Gasteiger partial charge in [0.25, 0.3) is 0 Å². The van der Waals surface area contributed by atoms with Crippen molar-refractivity contribution >= 4 is 35.8 Å². The van der Waals surface area contributed by atoms with Gasteiger partial charge in [-0.15, -0.1) is 24.0 Å². The Hall–Kier alpha value is -2.03. The summed E-state index contributed by atoms with van der Waals surface area (Å²) in [6.45, 7) is 2.65. The first-order valence-electron chi connectivity index (χ1n) is 9.04. The lowest BCUT2D eigenvalue weighted by Gasteiger charge is -2.12. The summed E-state index contributed by atoms with van der Waals surface area (Å²) in [7, 11) is 3.48. The van der Waals surface area contributed by atoms with E-state index in [-0.39, 0.29) is 24.0 Å². The van der Waals surface area contributed by atoms with Crippen molar-refractivity contribution in [3.8, 4) is 5.75 Å². The smallest absolute Gasteiger partial charge is 0.190 e. The van der Waals surface area contributed by atoms with Gasteiger partial charge >= 0.3 is 0 Å². The number of ether oxygens (including phenoxy) is 1. The molecule has 1 aromatic heterocycles. The van der Waals surface area contributed by atoms with E-state index >= 15 is 0 Å². The number of hydrogen-bond donors (Lipinski definition) is 3. The first-order chi connectivity index (χ1) is 12.8. The Balaban J connectivity index is 0.00000364.